The zero-order valence-electron chi connectivity index (χ0n) is 12.1. The maximum Gasteiger partial charge on any atom is 0.127 e. The van der Waals surface area contributed by atoms with Gasteiger partial charge in [0.2, 0.25) is 0 Å². The molecule has 0 bridgehead atoms. The summed E-state index contributed by atoms with van der Waals surface area (Å²) in [6.45, 7) is 4.17. The van der Waals surface area contributed by atoms with Crippen LogP contribution < -0.4 is 4.74 Å². The highest BCUT2D eigenvalue weighted by molar-refractivity contribution is 7.80. The summed E-state index contributed by atoms with van der Waals surface area (Å²) in [5.41, 5.74) is 4.20. The molecule has 2 aromatic rings. The van der Waals surface area contributed by atoms with Crippen molar-refractivity contribution in [2.45, 2.75) is 25.2 Å². The van der Waals surface area contributed by atoms with Gasteiger partial charge in [-0.2, -0.15) is 0 Å². The second kappa shape index (κ2) is 6.62. The van der Waals surface area contributed by atoms with Crippen molar-refractivity contribution in [1.29, 1.82) is 0 Å². The van der Waals surface area contributed by atoms with E-state index >= 15 is 0 Å². The number of thiol groups is 1. The number of benzene rings is 2. The summed E-state index contributed by atoms with van der Waals surface area (Å²) in [4.78, 5) is 5.65. The van der Waals surface area contributed by atoms with Crippen molar-refractivity contribution in [2.24, 2.45) is 4.99 Å². The monoisotopic (exact) mass is 285 g/mol. The van der Waals surface area contributed by atoms with Crippen LogP contribution in [-0.4, -0.2) is 12.8 Å². The summed E-state index contributed by atoms with van der Waals surface area (Å²) < 4.78 is 5.43. The van der Waals surface area contributed by atoms with E-state index in [0.717, 1.165) is 34.0 Å². The highest BCUT2D eigenvalue weighted by Crippen LogP contribution is 2.25. The first-order chi connectivity index (χ1) is 9.63. The van der Waals surface area contributed by atoms with Gasteiger partial charge in [-0.05, 0) is 43.7 Å². The third kappa shape index (κ3) is 3.42. The fraction of sp³-hybridized carbons (Fsp3) is 0.235. The molecule has 0 saturated carbocycles. The molecular weight excluding hydrogens is 266 g/mol. The Balaban J connectivity index is 2.46. The summed E-state index contributed by atoms with van der Waals surface area (Å²) in [6.07, 6.45) is 0.835. The van der Waals surface area contributed by atoms with E-state index in [4.69, 9.17) is 9.73 Å². The van der Waals surface area contributed by atoms with Crippen LogP contribution in [-0.2, 0) is 0 Å². The molecule has 0 atom stereocenters. The Hall–Kier alpha value is -1.74. The standard InChI is InChI=1S/C17H19NOS/c1-4-16(18-13-7-5-12(2)6-8-13)15-11-14(20)9-10-17(15)19-3/h5-11,20H,4H2,1-3H3. The summed E-state index contributed by atoms with van der Waals surface area (Å²) in [7, 11) is 1.68. The van der Waals surface area contributed by atoms with E-state index in [-0.39, 0.29) is 0 Å². The van der Waals surface area contributed by atoms with Crippen LogP contribution in [0.3, 0.4) is 0 Å². The smallest absolute Gasteiger partial charge is 0.127 e. The lowest BCUT2D eigenvalue weighted by atomic mass is 10.1. The van der Waals surface area contributed by atoms with E-state index in [0.29, 0.717) is 0 Å². The minimum absolute atomic E-state index is 0.829. The number of aliphatic imine (C=N–C) groups is 1. The highest BCUT2D eigenvalue weighted by Gasteiger charge is 2.09. The minimum Gasteiger partial charge on any atom is -0.496 e. The zero-order chi connectivity index (χ0) is 14.5. The van der Waals surface area contributed by atoms with E-state index in [1.54, 1.807) is 7.11 Å². The van der Waals surface area contributed by atoms with Crippen LogP contribution in [0.1, 0.15) is 24.5 Å². The molecule has 0 aliphatic rings. The molecule has 0 heterocycles. The maximum atomic E-state index is 5.43. The molecule has 0 radical (unpaired) electrons. The maximum absolute atomic E-state index is 5.43. The normalized spacial score (nSPS) is 11.5. The lowest BCUT2D eigenvalue weighted by Gasteiger charge is -2.11. The molecule has 0 saturated heterocycles. The van der Waals surface area contributed by atoms with Gasteiger partial charge in [0.05, 0.1) is 18.5 Å². The number of hydrogen-bond donors (Lipinski definition) is 1. The van der Waals surface area contributed by atoms with E-state index in [1.807, 2.05) is 30.3 Å². The fourth-order valence-corrected chi connectivity index (χ4v) is 2.23. The van der Waals surface area contributed by atoms with Crippen molar-refractivity contribution in [1.82, 2.24) is 0 Å². The van der Waals surface area contributed by atoms with Crippen LogP contribution in [0.5, 0.6) is 5.75 Å². The van der Waals surface area contributed by atoms with E-state index in [9.17, 15) is 0 Å². The topological polar surface area (TPSA) is 21.6 Å². The molecule has 0 spiro atoms. The van der Waals surface area contributed by atoms with Crippen LogP contribution in [0.4, 0.5) is 5.69 Å². The van der Waals surface area contributed by atoms with Crippen molar-refractivity contribution in [3.63, 3.8) is 0 Å². The van der Waals surface area contributed by atoms with Gasteiger partial charge in [0.25, 0.3) is 0 Å². The SMILES string of the molecule is CCC(=Nc1ccc(C)cc1)c1cc(S)ccc1OC. The Morgan fingerprint density at radius 3 is 2.45 bits per heavy atom. The number of rotatable bonds is 4. The van der Waals surface area contributed by atoms with Crippen LogP contribution >= 0.6 is 12.6 Å². The summed E-state index contributed by atoms with van der Waals surface area (Å²) >= 11 is 4.40. The molecule has 0 amide bonds. The van der Waals surface area contributed by atoms with Crippen molar-refractivity contribution < 1.29 is 4.74 Å². The molecule has 0 aliphatic carbocycles. The second-order valence-electron chi connectivity index (χ2n) is 4.63. The summed E-state index contributed by atoms with van der Waals surface area (Å²) in [5, 5.41) is 0. The first kappa shape index (κ1) is 14.7. The largest absolute Gasteiger partial charge is 0.496 e. The molecule has 2 nitrogen and oxygen atoms in total. The lowest BCUT2D eigenvalue weighted by Crippen LogP contribution is -2.02. The molecule has 0 fully saturated rings. The van der Waals surface area contributed by atoms with Gasteiger partial charge in [0.1, 0.15) is 5.75 Å². The first-order valence-electron chi connectivity index (χ1n) is 6.65. The van der Waals surface area contributed by atoms with Gasteiger partial charge in [0, 0.05) is 10.5 Å². The predicted octanol–water partition coefficient (Wildman–Crippen LogP) is 4.82. The average Bonchev–Trinajstić information content (AvgIpc) is 2.46. The number of hydrogen-bond acceptors (Lipinski definition) is 3. The molecule has 0 unspecified atom stereocenters. The van der Waals surface area contributed by atoms with Gasteiger partial charge < -0.3 is 4.74 Å². The number of ether oxygens (including phenoxy) is 1. The molecule has 0 aliphatic heterocycles. The van der Waals surface area contributed by atoms with Crippen LogP contribution in [0.15, 0.2) is 52.4 Å². The Morgan fingerprint density at radius 1 is 1.15 bits per heavy atom. The van der Waals surface area contributed by atoms with Gasteiger partial charge in [-0.25, -0.2) is 0 Å². The van der Waals surface area contributed by atoms with Crippen LogP contribution in [0, 0.1) is 6.92 Å². The summed E-state index contributed by atoms with van der Waals surface area (Å²) in [6, 6.07) is 14.0. The minimum atomic E-state index is 0.829. The Labute approximate surface area is 125 Å². The first-order valence-corrected chi connectivity index (χ1v) is 7.10. The molecular formula is C17H19NOS. The molecule has 2 rings (SSSR count). The summed E-state index contributed by atoms with van der Waals surface area (Å²) in [5.74, 6) is 0.829. The van der Waals surface area contributed by atoms with Crippen LogP contribution in [0.25, 0.3) is 0 Å². The molecule has 20 heavy (non-hydrogen) atoms. The molecule has 3 heteroatoms. The number of aryl methyl sites for hydroxylation is 1. The van der Waals surface area contributed by atoms with Crippen molar-refractivity contribution in [3.05, 3.63) is 53.6 Å². The van der Waals surface area contributed by atoms with E-state index in [1.165, 1.54) is 5.56 Å². The van der Waals surface area contributed by atoms with E-state index in [2.05, 4.69) is 38.6 Å². The zero-order valence-corrected chi connectivity index (χ0v) is 12.9. The Bertz CT molecular complexity index is 617. The Kier molecular flexibility index (Phi) is 4.85. The molecule has 2 aromatic carbocycles. The van der Waals surface area contributed by atoms with Gasteiger partial charge in [-0.15, -0.1) is 12.6 Å². The van der Waals surface area contributed by atoms with Crippen molar-refractivity contribution >= 4 is 24.0 Å². The van der Waals surface area contributed by atoms with Gasteiger partial charge >= 0.3 is 0 Å². The third-order valence-electron chi connectivity index (χ3n) is 3.13. The number of nitrogens with zero attached hydrogens (tertiary/aromatic N) is 1. The quantitative estimate of drug-likeness (QED) is 0.631. The lowest BCUT2D eigenvalue weighted by molar-refractivity contribution is 0.413. The van der Waals surface area contributed by atoms with Gasteiger partial charge in [-0.1, -0.05) is 24.6 Å². The van der Waals surface area contributed by atoms with Crippen molar-refractivity contribution in [3.8, 4) is 5.75 Å². The third-order valence-corrected chi connectivity index (χ3v) is 3.41. The van der Waals surface area contributed by atoms with Crippen molar-refractivity contribution in [2.75, 3.05) is 7.11 Å². The van der Waals surface area contributed by atoms with E-state index < -0.39 is 0 Å². The van der Waals surface area contributed by atoms with Gasteiger partial charge in [0.15, 0.2) is 0 Å². The second-order valence-corrected chi connectivity index (χ2v) is 5.15. The fourth-order valence-electron chi connectivity index (χ4n) is 2.03. The van der Waals surface area contributed by atoms with Crippen LogP contribution in [0.2, 0.25) is 0 Å². The molecule has 0 aromatic heterocycles. The molecule has 104 valence electrons. The van der Waals surface area contributed by atoms with Gasteiger partial charge in [-0.3, -0.25) is 4.99 Å². The molecule has 0 N–H and O–H groups in total. The predicted molar refractivity (Wildman–Crippen MR) is 87.9 cm³/mol. The Morgan fingerprint density at radius 2 is 1.85 bits per heavy atom. The highest BCUT2D eigenvalue weighted by atomic mass is 32.1. The average molecular weight is 285 g/mol. The number of methoxy groups -OCH3 is 1.